The van der Waals surface area contributed by atoms with Crippen LogP contribution in [-0.4, -0.2) is 49.9 Å². The summed E-state index contributed by atoms with van der Waals surface area (Å²) in [6.07, 6.45) is 0.938. The van der Waals surface area contributed by atoms with E-state index in [0.29, 0.717) is 0 Å². The van der Waals surface area contributed by atoms with E-state index in [0.717, 1.165) is 16.6 Å². The standard InChI is InChI=1S/C15H19N3O6S3/c1-18(2)27(23,24)13-8-6-7-12(11-13)26(21,22)17-15-10-5-4-9-14(15)16-25(3,19)20/h4-11,16-17H,1-3H3. The van der Waals surface area contributed by atoms with E-state index in [9.17, 15) is 25.3 Å². The van der Waals surface area contributed by atoms with Crippen molar-refractivity contribution >= 4 is 41.4 Å². The summed E-state index contributed by atoms with van der Waals surface area (Å²) in [6.45, 7) is 0. The average molecular weight is 434 g/mol. The molecule has 0 radical (unpaired) electrons. The molecular formula is C15H19N3O6S3. The monoisotopic (exact) mass is 433 g/mol. The molecule has 0 aromatic heterocycles. The van der Waals surface area contributed by atoms with Crippen LogP contribution in [0.15, 0.2) is 58.3 Å². The molecule has 0 aliphatic rings. The van der Waals surface area contributed by atoms with Crippen molar-refractivity contribution in [2.45, 2.75) is 9.79 Å². The number of sulfonamides is 3. The molecule has 9 nitrogen and oxygen atoms in total. The van der Waals surface area contributed by atoms with Crippen molar-refractivity contribution in [2.24, 2.45) is 0 Å². The van der Waals surface area contributed by atoms with Gasteiger partial charge in [-0.1, -0.05) is 18.2 Å². The Kier molecular flexibility index (Phi) is 5.85. The third-order valence-electron chi connectivity index (χ3n) is 3.36. The highest BCUT2D eigenvalue weighted by molar-refractivity contribution is 7.93. The van der Waals surface area contributed by atoms with Crippen molar-refractivity contribution < 1.29 is 25.3 Å². The van der Waals surface area contributed by atoms with Crippen LogP contribution in [0.2, 0.25) is 0 Å². The van der Waals surface area contributed by atoms with Crippen LogP contribution in [0.1, 0.15) is 0 Å². The van der Waals surface area contributed by atoms with Gasteiger partial charge in [0.1, 0.15) is 0 Å². The predicted octanol–water partition coefficient (Wildman–Crippen LogP) is 1.11. The first-order valence-electron chi connectivity index (χ1n) is 7.45. The second-order valence-corrected chi connectivity index (χ2v) is 11.4. The minimum absolute atomic E-state index is 0.00351. The summed E-state index contributed by atoms with van der Waals surface area (Å²) in [7, 11) is -8.94. The predicted molar refractivity (Wildman–Crippen MR) is 103 cm³/mol. The van der Waals surface area contributed by atoms with E-state index in [2.05, 4.69) is 9.44 Å². The molecule has 2 aromatic carbocycles. The number of hydrogen-bond acceptors (Lipinski definition) is 6. The Morgan fingerprint density at radius 2 is 1.26 bits per heavy atom. The number of rotatable bonds is 7. The average Bonchev–Trinajstić information content (AvgIpc) is 2.55. The van der Waals surface area contributed by atoms with Crippen LogP contribution in [-0.2, 0) is 30.1 Å². The molecule has 0 saturated carbocycles. The van der Waals surface area contributed by atoms with Gasteiger partial charge >= 0.3 is 0 Å². The van der Waals surface area contributed by atoms with E-state index < -0.39 is 30.1 Å². The van der Waals surface area contributed by atoms with E-state index >= 15 is 0 Å². The van der Waals surface area contributed by atoms with Gasteiger partial charge in [0.25, 0.3) is 10.0 Å². The van der Waals surface area contributed by atoms with E-state index in [1.54, 1.807) is 0 Å². The third-order valence-corrected chi connectivity index (χ3v) is 7.13. The molecule has 148 valence electrons. The van der Waals surface area contributed by atoms with E-state index in [4.69, 9.17) is 0 Å². The second-order valence-electron chi connectivity index (χ2n) is 5.79. The summed E-state index contributed by atoms with van der Waals surface area (Å²) >= 11 is 0. The highest BCUT2D eigenvalue weighted by Gasteiger charge is 2.22. The lowest BCUT2D eigenvalue weighted by atomic mass is 10.3. The molecule has 0 heterocycles. The molecule has 0 fully saturated rings. The molecule has 0 atom stereocenters. The van der Waals surface area contributed by atoms with Gasteiger partial charge in [0.05, 0.1) is 27.4 Å². The zero-order valence-corrected chi connectivity index (χ0v) is 17.2. The number of nitrogens with zero attached hydrogens (tertiary/aromatic N) is 1. The Morgan fingerprint density at radius 1 is 0.741 bits per heavy atom. The fourth-order valence-corrected chi connectivity index (χ4v) is 4.80. The molecule has 0 spiro atoms. The summed E-state index contributed by atoms with van der Waals surface area (Å²) in [4.78, 5) is -0.461. The largest absolute Gasteiger partial charge is 0.282 e. The van der Waals surface area contributed by atoms with Gasteiger partial charge in [0.2, 0.25) is 20.0 Å². The van der Waals surface area contributed by atoms with Gasteiger partial charge in [-0.25, -0.2) is 29.6 Å². The molecule has 0 unspecified atom stereocenters. The molecule has 0 aliphatic heterocycles. The molecule has 12 heteroatoms. The van der Waals surface area contributed by atoms with Crippen molar-refractivity contribution in [2.75, 3.05) is 29.8 Å². The van der Waals surface area contributed by atoms with Gasteiger partial charge < -0.3 is 0 Å². The number of nitrogens with one attached hydrogen (secondary N) is 2. The maximum Gasteiger partial charge on any atom is 0.262 e. The molecule has 0 amide bonds. The number of benzene rings is 2. The zero-order chi connectivity index (χ0) is 20.5. The highest BCUT2D eigenvalue weighted by atomic mass is 32.2. The van der Waals surface area contributed by atoms with Crippen molar-refractivity contribution in [3.8, 4) is 0 Å². The number of hydrogen-bond donors (Lipinski definition) is 2. The van der Waals surface area contributed by atoms with Crippen LogP contribution in [0, 0.1) is 0 Å². The maximum atomic E-state index is 12.7. The minimum atomic E-state index is -4.17. The summed E-state index contributed by atoms with van der Waals surface area (Å²) in [5.74, 6) is 0. The normalized spacial score (nSPS) is 12.7. The Morgan fingerprint density at radius 3 is 1.78 bits per heavy atom. The van der Waals surface area contributed by atoms with E-state index in [1.807, 2.05) is 0 Å². The fraction of sp³-hybridized carbons (Fsp3) is 0.200. The molecule has 2 rings (SSSR count). The van der Waals surface area contributed by atoms with Crippen molar-refractivity contribution in [3.05, 3.63) is 48.5 Å². The zero-order valence-electron chi connectivity index (χ0n) is 14.7. The van der Waals surface area contributed by atoms with E-state index in [-0.39, 0.29) is 21.2 Å². The summed E-state index contributed by atoms with van der Waals surface area (Å²) in [5.41, 5.74) is 0.0458. The van der Waals surface area contributed by atoms with Crippen LogP contribution in [0.25, 0.3) is 0 Å². The molecule has 0 aliphatic carbocycles. The lowest BCUT2D eigenvalue weighted by Crippen LogP contribution is -2.23. The van der Waals surface area contributed by atoms with Crippen LogP contribution in [0.3, 0.4) is 0 Å². The molecule has 0 saturated heterocycles. The van der Waals surface area contributed by atoms with Gasteiger partial charge in [-0.05, 0) is 30.3 Å². The fourth-order valence-electron chi connectivity index (χ4n) is 2.08. The summed E-state index contributed by atoms with van der Waals surface area (Å²) < 4.78 is 78.1. The number of anilines is 2. The Balaban J connectivity index is 2.45. The Bertz CT molecular complexity index is 1160. The molecule has 2 N–H and O–H groups in total. The van der Waals surface area contributed by atoms with Crippen LogP contribution in [0.4, 0.5) is 11.4 Å². The maximum absolute atomic E-state index is 12.7. The Labute approximate surface area is 159 Å². The van der Waals surface area contributed by atoms with Gasteiger partial charge in [-0.3, -0.25) is 9.44 Å². The minimum Gasteiger partial charge on any atom is -0.282 e. The van der Waals surface area contributed by atoms with Crippen LogP contribution >= 0.6 is 0 Å². The molecule has 2 aromatic rings. The molecular weight excluding hydrogens is 414 g/mol. The smallest absolute Gasteiger partial charge is 0.262 e. The summed E-state index contributed by atoms with van der Waals surface area (Å²) in [5, 5.41) is 0. The lowest BCUT2D eigenvalue weighted by Gasteiger charge is -2.15. The molecule has 27 heavy (non-hydrogen) atoms. The first kappa shape index (κ1) is 21.2. The molecule has 0 bridgehead atoms. The van der Waals surface area contributed by atoms with Crippen LogP contribution in [0.5, 0.6) is 0 Å². The van der Waals surface area contributed by atoms with E-state index in [1.165, 1.54) is 56.6 Å². The number of para-hydroxylation sites is 2. The third kappa shape index (κ3) is 5.19. The second kappa shape index (κ2) is 7.46. The van der Waals surface area contributed by atoms with Crippen molar-refractivity contribution in [3.63, 3.8) is 0 Å². The lowest BCUT2D eigenvalue weighted by molar-refractivity contribution is 0.520. The quantitative estimate of drug-likeness (QED) is 0.673. The highest BCUT2D eigenvalue weighted by Crippen LogP contribution is 2.26. The van der Waals surface area contributed by atoms with Gasteiger partial charge in [-0.15, -0.1) is 0 Å². The van der Waals surface area contributed by atoms with Crippen molar-refractivity contribution in [1.82, 2.24) is 4.31 Å². The van der Waals surface area contributed by atoms with Gasteiger partial charge in [0.15, 0.2) is 0 Å². The first-order chi connectivity index (χ1) is 12.3. The Hall–Kier alpha value is -2.15. The topological polar surface area (TPSA) is 130 Å². The first-order valence-corrected chi connectivity index (χ1v) is 12.3. The van der Waals surface area contributed by atoms with Crippen LogP contribution < -0.4 is 9.44 Å². The SMILES string of the molecule is CN(C)S(=O)(=O)c1cccc(S(=O)(=O)Nc2ccccc2NS(C)(=O)=O)c1. The van der Waals surface area contributed by atoms with Gasteiger partial charge in [-0.2, -0.15) is 0 Å². The summed E-state index contributed by atoms with van der Waals surface area (Å²) in [6, 6.07) is 10.7. The van der Waals surface area contributed by atoms with Crippen molar-refractivity contribution in [1.29, 1.82) is 0 Å². The van der Waals surface area contributed by atoms with Gasteiger partial charge in [0, 0.05) is 14.1 Å².